The van der Waals surface area contributed by atoms with Crippen molar-refractivity contribution in [2.24, 2.45) is 0 Å². The fourth-order valence-corrected chi connectivity index (χ4v) is 6.10. The van der Waals surface area contributed by atoms with Crippen LogP contribution in [0.4, 0.5) is 11.4 Å². The summed E-state index contributed by atoms with van der Waals surface area (Å²) in [6.07, 6.45) is 0.187. The molecule has 0 fully saturated rings. The van der Waals surface area contributed by atoms with E-state index < -0.39 is 33.7 Å². The summed E-state index contributed by atoms with van der Waals surface area (Å²) in [4.78, 5) is 40.9. The number of nitrogens with zero attached hydrogens (tertiary/aromatic N) is 1. The fraction of sp³-hybridized carbons (Fsp3) is 0.276. The van der Waals surface area contributed by atoms with Gasteiger partial charge in [0.1, 0.15) is 6.04 Å². The minimum atomic E-state index is -4.14. The van der Waals surface area contributed by atoms with Gasteiger partial charge >= 0.3 is 5.97 Å². The molecule has 1 heterocycles. The molecule has 1 atom stereocenters. The van der Waals surface area contributed by atoms with E-state index in [0.29, 0.717) is 11.6 Å². The Morgan fingerprint density at radius 2 is 1.63 bits per heavy atom. The van der Waals surface area contributed by atoms with Gasteiger partial charge in [-0.2, -0.15) is 0 Å². The lowest BCUT2D eigenvalue weighted by atomic mass is 10.0. The normalized spacial score (nSPS) is 14.8. The topological polar surface area (TPSA) is 110 Å². The molecular formula is C29H30N2O6S. The maximum absolute atomic E-state index is 13.9. The highest BCUT2D eigenvalue weighted by molar-refractivity contribution is 7.91. The first-order valence-electron chi connectivity index (χ1n) is 12.5. The first kappa shape index (κ1) is 27.1. The van der Waals surface area contributed by atoms with Crippen LogP contribution in [0.5, 0.6) is 0 Å². The van der Waals surface area contributed by atoms with Crippen LogP contribution in [-0.4, -0.2) is 38.9 Å². The minimum Gasteiger partial charge on any atom is -0.462 e. The number of hydrogen-bond acceptors (Lipinski definition) is 6. The predicted octanol–water partition coefficient (Wildman–Crippen LogP) is 5.20. The summed E-state index contributed by atoms with van der Waals surface area (Å²) in [5.41, 5.74) is 1.64. The SMILES string of the molecule is CCOC(=O)c1ccc2c(c1)N(C(CC)C(=O)Nc1ccc(C(C)C)cc1)C(=O)c1ccccc1S2(=O)=O. The average Bonchev–Trinajstić information content (AvgIpc) is 2.97. The molecule has 198 valence electrons. The first-order chi connectivity index (χ1) is 18.1. The van der Waals surface area contributed by atoms with E-state index >= 15 is 0 Å². The molecule has 1 aliphatic rings. The zero-order chi connectivity index (χ0) is 27.6. The molecule has 1 N–H and O–H groups in total. The Morgan fingerprint density at radius 3 is 2.26 bits per heavy atom. The van der Waals surface area contributed by atoms with Crippen LogP contribution in [0.2, 0.25) is 0 Å². The molecule has 8 nitrogen and oxygen atoms in total. The van der Waals surface area contributed by atoms with Crippen LogP contribution in [-0.2, 0) is 19.4 Å². The third kappa shape index (κ3) is 4.93. The Hall–Kier alpha value is -3.98. The Kier molecular flexibility index (Phi) is 7.68. The molecule has 0 aliphatic carbocycles. The summed E-state index contributed by atoms with van der Waals surface area (Å²) in [6.45, 7) is 7.65. The summed E-state index contributed by atoms with van der Waals surface area (Å²) in [6, 6.07) is 16.2. The van der Waals surface area contributed by atoms with Crippen LogP contribution in [0.15, 0.2) is 76.5 Å². The molecule has 0 saturated carbocycles. The van der Waals surface area contributed by atoms with Gasteiger partial charge in [-0.25, -0.2) is 13.2 Å². The van der Waals surface area contributed by atoms with Crippen LogP contribution in [0.25, 0.3) is 0 Å². The summed E-state index contributed by atoms with van der Waals surface area (Å²) in [7, 11) is -4.14. The second-order valence-electron chi connectivity index (χ2n) is 9.27. The number of carbonyl (C=O) groups excluding carboxylic acids is 3. The minimum absolute atomic E-state index is 0.0473. The predicted molar refractivity (Wildman–Crippen MR) is 144 cm³/mol. The van der Waals surface area contributed by atoms with E-state index in [2.05, 4.69) is 19.2 Å². The van der Waals surface area contributed by atoms with E-state index in [0.717, 1.165) is 5.56 Å². The zero-order valence-corrected chi connectivity index (χ0v) is 22.5. The van der Waals surface area contributed by atoms with E-state index in [1.165, 1.54) is 41.3 Å². The highest BCUT2D eigenvalue weighted by Gasteiger charge is 2.40. The Labute approximate surface area is 222 Å². The van der Waals surface area contributed by atoms with Gasteiger partial charge in [0.15, 0.2) is 0 Å². The highest BCUT2D eigenvalue weighted by atomic mass is 32.2. The molecule has 1 unspecified atom stereocenters. The van der Waals surface area contributed by atoms with Crippen molar-refractivity contribution in [3.63, 3.8) is 0 Å². The largest absolute Gasteiger partial charge is 0.462 e. The van der Waals surface area contributed by atoms with Crippen molar-refractivity contribution in [1.82, 2.24) is 0 Å². The number of carbonyl (C=O) groups is 3. The number of esters is 1. The molecule has 0 bridgehead atoms. The molecular weight excluding hydrogens is 504 g/mol. The number of anilines is 2. The molecule has 0 radical (unpaired) electrons. The molecule has 0 aromatic heterocycles. The van der Waals surface area contributed by atoms with Crippen molar-refractivity contribution in [1.29, 1.82) is 0 Å². The first-order valence-corrected chi connectivity index (χ1v) is 14.0. The smallest absolute Gasteiger partial charge is 0.338 e. The van der Waals surface area contributed by atoms with E-state index in [-0.39, 0.29) is 39.6 Å². The molecule has 38 heavy (non-hydrogen) atoms. The number of benzene rings is 3. The average molecular weight is 535 g/mol. The molecule has 0 spiro atoms. The van der Waals surface area contributed by atoms with E-state index in [1.807, 2.05) is 12.1 Å². The third-order valence-corrected chi connectivity index (χ3v) is 8.35. The number of fused-ring (bicyclic) bond motifs is 2. The standard InChI is InChI=1S/C29H30N2O6S/c1-5-23(27(32)30-21-14-11-19(12-15-21)18(3)4)31-24-17-20(29(34)37-6-2)13-16-26(24)38(35,36)25-10-8-7-9-22(25)28(31)33/h7-18,23H,5-6H2,1-4H3,(H,30,32). The van der Waals surface area contributed by atoms with Gasteiger partial charge in [-0.15, -0.1) is 0 Å². The molecule has 3 aromatic rings. The Morgan fingerprint density at radius 1 is 0.947 bits per heavy atom. The molecule has 9 heteroatoms. The zero-order valence-electron chi connectivity index (χ0n) is 21.7. The number of ether oxygens (including phenoxy) is 1. The lowest BCUT2D eigenvalue weighted by molar-refractivity contribution is -0.117. The van der Waals surface area contributed by atoms with Gasteiger partial charge < -0.3 is 10.1 Å². The van der Waals surface area contributed by atoms with Gasteiger partial charge in [0.2, 0.25) is 15.7 Å². The third-order valence-electron chi connectivity index (χ3n) is 6.49. The van der Waals surface area contributed by atoms with Crippen molar-refractivity contribution < 1.29 is 27.5 Å². The van der Waals surface area contributed by atoms with Crippen molar-refractivity contribution in [3.05, 3.63) is 83.4 Å². The van der Waals surface area contributed by atoms with E-state index in [9.17, 15) is 22.8 Å². The van der Waals surface area contributed by atoms with Crippen molar-refractivity contribution in [3.8, 4) is 0 Å². The van der Waals surface area contributed by atoms with Crippen molar-refractivity contribution in [2.45, 2.75) is 55.9 Å². The van der Waals surface area contributed by atoms with Crippen LogP contribution in [0.3, 0.4) is 0 Å². The van der Waals surface area contributed by atoms with E-state index in [4.69, 9.17) is 4.74 Å². The van der Waals surface area contributed by atoms with E-state index in [1.54, 1.807) is 32.0 Å². The number of sulfone groups is 1. The van der Waals surface area contributed by atoms with Gasteiger partial charge in [-0.1, -0.05) is 45.0 Å². The molecule has 2 amide bonds. The highest BCUT2D eigenvalue weighted by Crippen LogP contribution is 2.39. The quantitative estimate of drug-likeness (QED) is 0.418. The molecule has 4 rings (SSSR count). The maximum atomic E-state index is 13.9. The van der Waals surface area contributed by atoms with Gasteiger partial charge in [0.05, 0.1) is 33.2 Å². The summed E-state index contributed by atoms with van der Waals surface area (Å²) in [5.74, 6) is -1.47. The van der Waals surface area contributed by atoms with Gasteiger partial charge in [0, 0.05) is 5.69 Å². The summed E-state index contributed by atoms with van der Waals surface area (Å²) >= 11 is 0. The number of hydrogen-bond donors (Lipinski definition) is 1. The van der Waals surface area contributed by atoms with Gasteiger partial charge in [-0.05, 0) is 67.3 Å². The monoisotopic (exact) mass is 534 g/mol. The lowest BCUT2D eigenvalue weighted by Crippen LogP contribution is -2.47. The van der Waals surface area contributed by atoms with Crippen molar-refractivity contribution >= 4 is 39.0 Å². The number of nitrogens with one attached hydrogen (secondary N) is 1. The second kappa shape index (κ2) is 10.8. The number of amides is 2. The molecule has 0 saturated heterocycles. The van der Waals surface area contributed by atoms with Crippen molar-refractivity contribution in [2.75, 3.05) is 16.8 Å². The van der Waals surface area contributed by atoms with Crippen LogP contribution in [0, 0.1) is 0 Å². The van der Waals surface area contributed by atoms with Gasteiger partial charge in [-0.3, -0.25) is 14.5 Å². The summed E-state index contributed by atoms with van der Waals surface area (Å²) in [5, 5.41) is 2.86. The van der Waals surface area contributed by atoms with Crippen LogP contribution in [0.1, 0.15) is 66.3 Å². The number of rotatable bonds is 7. The van der Waals surface area contributed by atoms with Crippen LogP contribution < -0.4 is 10.2 Å². The Bertz CT molecular complexity index is 1500. The maximum Gasteiger partial charge on any atom is 0.338 e. The van der Waals surface area contributed by atoms with Crippen LogP contribution >= 0.6 is 0 Å². The Balaban J connectivity index is 1.85. The van der Waals surface area contributed by atoms with Gasteiger partial charge in [0.25, 0.3) is 5.91 Å². The molecule has 1 aliphatic heterocycles. The lowest BCUT2D eigenvalue weighted by Gasteiger charge is -2.30. The summed E-state index contributed by atoms with van der Waals surface area (Å²) < 4.78 is 32.4. The second-order valence-corrected chi connectivity index (χ2v) is 11.2. The fourth-order valence-electron chi connectivity index (χ4n) is 4.48. The molecule has 3 aromatic carbocycles.